The van der Waals surface area contributed by atoms with Gasteiger partial charge < -0.3 is 9.84 Å². The summed E-state index contributed by atoms with van der Waals surface area (Å²) < 4.78 is 5.76. The Kier molecular flexibility index (Phi) is 1.92. The molecule has 0 aromatic carbocycles. The van der Waals surface area contributed by atoms with Crippen LogP contribution >= 0.6 is 0 Å². The van der Waals surface area contributed by atoms with E-state index in [1.54, 1.807) is 0 Å². The van der Waals surface area contributed by atoms with Gasteiger partial charge in [0.2, 0.25) is 0 Å². The number of hydrogen-bond acceptors (Lipinski definition) is 2. The van der Waals surface area contributed by atoms with Crippen LogP contribution < -0.4 is 0 Å². The highest BCUT2D eigenvalue weighted by Gasteiger charge is 2.42. The van der Waals surface area contributed by atoms with Crippen molar-refractivity contribution in [3.63, 3.8) is 0 Å². The maximum Gasteiger partial charge on any atom is 0.0685 e. The zero-order valence-corrected chi connectivity index (χ0v) is 7.81. The van der Waals surface area contributed by atoms with Crippen molar-refractivity contribution in [1.29, 1.82) is 0 Å². The Balaban J connectivity index is 1.97. The van der Waals surface area contributed by atoms with Crippen molar-refractivity contribution in [2.75, 3.05) is 6.61 Å². The van der Waals surface area contributed by atoms with E-state index in [1.165, 1.54) is 12.8 Å². The molecule has 70 valence electrons. The van der Waals surface area contributed by atoms with Gasteiger partial charge >= 0.3 is 0 Å². The van der Waals surface area contributed by atoms with Gasteiger partial charge in [0.05, 0.1) is 11.2 Å². The van der Waals surface area contributed by atoms with Gasteiger partial charge in [-0.25, -0.2) is 0 Å². The summed E-state index contributed by atoms with van der Waals surface area (Å²) in [6.07, 6.45) is 6.35. The van der Waals surface area contributed by atoms with Crippen LogP contribution in [0.15, 0.2) is 0 Å². The molecule has 0 aromatic rings. The molecule has 2 fully saturated rings. The minimum atomic E-state index is -0.419. The van der Waals surface area contributed by atoms with Crippen molar-refractivity contribution < 1.29 is 9.84 Å². The molecule has 1 saturated heterocycles. The maximum absolute atomic E-state index is 9.76. The second-order valence-corrected chi connectivity index (χ2v) is 4.63. The first-order chi connectivity index (χ1) is 5.62. The summed E-state index contributed by atoms with van der Waals surface area (Å²) in [6.45, 7) is 2.87. The highest BCUT2D eigenvalue weighted by molar-refractivity contribution is 4.94. The van der Waals surface area contributed by atoms with Crippen LogP contribution in [0.2, 0.25) is 0 Å². The molecule has 1 aliphatic carbocycles. The van der Waals surface area contributed by atoms with Gasteiger partial charge in [0.1, 0.15) is 0 Å². The van der Waals surface area contributed by atoms with Gasteiger partial charge in [-0.1, -0.05) is 0 Å². The van der Waals surface area contributed by atoms with Gasteiger partial charge in [-0.05, 0) is 45.4 Å². The summed E-state index contributed by atoms with van der Waals surface area (Å²) in [5.74, 6) is 0. The summed E-state index contributed by atoms with van der Waals surface area (Å²) in [4.78, 5) is 0. The van der Waals surface area contributed by atoms with Crippen LogP contribution in [0.25, 0.3) is 0 Å². The van der Waals surface area contributed by atoms with Crippen LogP contribution in [0, 0.1) is 0 Å². The zero-order valence-electron chi connectivity index (χ0n) is 7.81. The van der Waals surface area contributed by atoms with E-state index in [2.05, 4.69) is 0 Å². The summed E-state index contributed by atoms with van der Waals surface area (Å²) in [7, 11) is 0. The summed E-state index contributed by atoms with van der Waals surface area (Å²) in [5.41, 5.74) is -0.251. The Bertz CT molecular complexity index is 157. The molecule has 1 heterocycles. The standard InChI is InChI=1S/C10H18O2/c1-9(11)4-6-10(7-5-9)3-2-8-12-10/h11H,2-8H2,1H3/t9-,10+. The van der Waals surface area contributed by atoms with E-state index < -0.39 is 5.60 Å². The molecule has 0 amide bonds. The van der Waals surface area contributed by atoms with Crippen LogP contribution in [-0.4, -0.2) is 22.9 Å². The third-order valence-corrected chi connectivity index (χ3v) is 3.42. The van der Waals surface area contributed by atoms with Crippen LogP contribution in [0.5, 0.6) is 0 Å². The maximum atomic E-state index is 9.76. The minimum Gasteiger partial charge on any atom is -0.390 e. The lowest BCUT2D eigenvalue weighted by Gasteiger charge is -2.39. The highest BCUT2D eigenvalue weighted by atomic mass is 16.5. The quantitative estimate of drug-likeness (QED) is 0.601. The Morgan fingerprint density at radius 2 is 1.75 bits per heavy atom. The molecule has 2 rings (SSSR count). The molecule has 0 bridgehead atoms. The Morgan fingerprint density at radius 1 is 1.08 bits per heavy atom. The molecule has 1 saturated carbocycles. The van der Waals surface area contributed by atoms with E-state index in [9.17, 15) is 5.11 Å². The van der Waals surface area contributed by atoms with Crippen molar-refractivity contribution in [3.05, 3.63) is 0 Å². The van der Waals surface area contributed by atoms with Crippen molar-refractivity contribution in [2.45, 2.75) is 56.7 Å². The Labute approximate surface area is 73.9 Å². The second-order valence-electron chi connectivity index (χ2n) is 4.63. The van der Waals surface area contributed by atoms with Crippen molar-refractivity contribution in [2.24, 2.45) is 0 Å². The first-order valence-electron chi connectivity index (χ1n) is 4.98. The molecule has 1 aliphatic heterocycles. The van der Waals surface area contributed by atoms with E-state index in [4.69, 9.17) is 4.74 Å². The lowest BCUT2D eigenvalue weighted by Crippen LogP contribution is -2.40. The molecule has 1 N–H and O–H groups in total. The molecule has 0 atom stereocenters. The van der Waals surface area contributed by atoms with Gasteiger partial charge in [0.15, 0.2) is 0 Å². The average Bonchev–Trinajstić information content (AvgIpc) is 2.46. The van der Waals surface area contributed by atoms with Gasteiger partial charge in [-0.2, -0.15) is 0 Å². The molecule has 2 aliphatic rings. The van der Waals surface area contributed by atoms with E-state index in [1.807, 2.05) is 6.92 Å². The van der Waals surface area contributed by atoms with Crippen molar-refractivity contribution in [1.82, 2.24) is 0 Å². The molecule has 0 radical (unpaired) electrons. The van der Waals surface area contributed by atoms with Gasteiger partial charge in [0.25, 0.3) is 0 Å². The Hall–Kier alpha value is -0.0800. The van der Waals surface area contributed by atoms with Crippen LogP contribution in [0.4, 0.5) is 0 Å². The zero-order chi connectivity index (χ0) is 8.66. The fourth-order valence-electron chi connectivity index (χ4n) is 2.39. The van der Waals surface area contributed by atoms with E-state index >= 15 is 0 Å². The first kappa shape index (κ1) is 8.52. The van der Waals surface area contributed by atoms with E-state index in [0.717, 1.165) is 32.3 Å². The van der Waals surface area contributed by atoms with Crippen LogP contribution in [0.1, 0.15) is 45.4 Å². The van der Waals surface area contributed by atoms with Gasteiger partial charge in [-0.3, -0.25) is 0 Å². The molecular weight excluding hydrogens is 152 g/mol. The minimum absolute atomic E-state index is 0.169. The van der Waals surface area contributed by atoms with Crippen molar-refractivity contribution >= 4 is 0 Å². The first-order valence-corrected chi connectivity index (χ1v) is 4.98. The number of ether oxygens (including phenoxy) is 1. The number of rotatable bonds is 0. The molecule has 1 spiro atoms. The third-order valence-electron chi connectivity index (χ3n) is 3.42. The third kappa shape index (κ3) is 1.50. The molecule has 2 heteroatoms. The molecular formula is C10H18O2. The summed E-state index contributed by atoms with van der Waals surface area (Å²) >= 11 is 0. The molecule has 0 unspecified atom stereocenters. The lowest BCUT2D eigenvalue weighted by atomic mass is 9.76. The van der Waals surface area contributed by atoms with Crippen molar-refractivity contribution in [3.8, 4) is 0 Å². The summed E-state index contributed by atoms with van der Waals surface area (Å²) in [6, 6.07) is 0. The second kappa shape index (κ2) is 2.71. The monoisotopic (exact) mass is 170 g/mol. The smallest absolute Gasteiger partial charge is 0.0685 e. The van der Waals surface area contributed by atoms with E-state index in [-0.39, 0.29) is 5.60 Å². The Morgan fingerprint density at radius 3 is 2.25 bits per heavy atom. The number of aliphatic hydroxyl groups is 1. The van der Waals surface area contributed by atoms with Gasteiger partial charge in [-0.15, -0.1) is 0 Å². The average molecular weight is 170 g/mol. The number of hydrogen-bond donors (Lipinski definition) is 1. The molecule has 0 aromatic heterocycles. The summed E-state index contributed by atoms with van der Waals surface area (Å²) in [5, 5.41) is 9.76. The van der Waals surface area contributed by atoms with Crippen LogP contribution in [0.3, 0.4) is 0 Å². The molecule has 2 nitrogen and oxygen atoms in total. The van der Waals surface area contributed by atoms with Crippen LogP contribution in [-0.2, 0) is 4.74 Å². The SMILES string of the molecule is C[C@]1(O)CC[C@]2(CCCO2)CC1. The fraction of sp³-hybridized carbons (Fsp3) is 1.00. The topological polar surface area (TPSA) is 29.5 Å². The lowest BCUT2D eigenvalue weighted by molar-refractivity contribution is -0.0832. The highest BCUT2D eigenvalue weighted by Crippen LogP contribution is 2.42. The normalized spacial score (nSPS) is 48.5. The fourth-order valence-corrected chi connectivity index (χ4v) is 2.39. The predicted octanol–water partition coefficient (Wildman–Crippen LogP) is 1.86. The largest absolute Gasteiger partial charge is 0.390 e. The predicted molar refractivity (Wildman–Crippen MR) is 47.0 cm³/mol. The van der Waals surface area contributed by atoms with Gasteiger partial charge in [0, 0.05) is 6.61 Å². The molecule has 12 heavy (non-hydrogen) atoms. The van der Waals surface area contributed by atoms with E-state index in [0.29, 0.717) is 0 Å².